The number of carbonyl (C=O) groups excluding carboxylic acids is 1. The minimum Gasteiger partial charge on any atom is -0.345 e. The van der Waals surface area contributed by atoms with Crippen LogP contribution >= 0.6 is 11.6 Å². The Morgan fingerprint density at radius 3 is 2.60 bits per heavy atom. The van der Waals surface area contributed by atoms with Gasteiger partial charge in [-0.1, -0.05) is 41.9 Å². The van der Waals surface area contributed by atoms with Gasteiger partial charge in [0.05, 0.1) is 23.8 Å². The molecule has 0 spiro atoms. The second-order valence-electron chi connectivity index (χ2n) is 5.51. The van der Waals surface area contributed by atoms with Crippen molar-refractivity contribution in [2.75, 3.05) is 5.32 Å². The van der Waals surface area contributed by atoms with Gasteiger partial charge in [0.25, 0.3) is 0 Å². The van der Waals surface area contributed by atoms with E-state index in [-0.39, 0.29) is 11.8 Å². The molecule has 128 valence electrons. The van der Waals surface area contributed by atoms with Crippen LogP contribution in [-0.4, -0.2) is 10.6 Å². The molecular weight excluding hydrogens is 341 g/mol. The summed E-state index contributed by atoms with van der Waals surface area (Å²) < 4.78 is 15.7. The smallest absolute Gasteiger partial charge is 0.319 e. The Bertz CT molecular complexity index is 878. The van der Waals surface area contributed by atoms with Crippen LogP contribution in [0.4, 0.5) is 14.9 Å². The molecule has 0 aliphatic carbocycles. The summed E-state index contributed by atoms with van der Waals surface area (Å²) in [7, 11) is 0. The summed E-state index contributed by atoms with van der Waals surface area (Å²) in [6, 6.07) is 17.1. The maximum Gasteiger partial charge on any atom is 0.319 e. The number of amides is 2. The Morgan fingerprint density at radius 1 is 1.04 bits per heavy atom. The summed E-state index contributed by atoms with van der Waals surface area (Å²) in [6.07, 6.45) is 1.86. The van der Waals surface area contributed by atoms with Crippen LogP contribution in [0.3, 0.4) is 0 Å². The highest BCUT2D eigenvalue weighted by atomic mass is 35.5. The van der Waals surface area contributed by atoms with E-state index in [1.807, 2.05) is 22.9 Å². The van der Waals surface area contributed by atoms with Gasteiger partial charge in [0.1, 0.15) is 5.82 Å². The van der Waals surface area contributed by atoms with E-state index in [1.54, 1.807) is 42.5 Å². The first-order chi connectivity index (χ1) is 12.1. The van der Waals surface area contributed by atoms with Crippen molar-refractivity contribution in [3.8, 4) is 0 Å². The Balaban J connectivity index is 1.61. The number of aromatic nitrogens is 1. The largest absolute Gasteiger partial charge is 0.345 e. The molecule has 0 unspecified atom stereocenters. The maximum atomic E-state index is 13.8. The first-order valence-corrected chi connectivity index (χ1v) is 8.18. The van der Waals surface area contributed by atoms with Crippen molar-refractivity contribution in [2.45, 2.75) is 13.1 Å². The van der Waals surface area contributed by atoms with E-state index in [0.29, 0.717) is 29.4 Å². The van der Waals surface area contributed by atoms with E-state index in [9.17, 15) is 9.18 Å². The molecule has 2 N–H and O–H groups in total. The monoisotopic (exact) mass is 357 g/mol. The molecule has 1 aromatic heterocycles. The zero-order valence-corrected chi connectivity index (χ0v) is 14.1. The van der Waals surface area contributed by atoms with Crippen molar-refractivity contribution in [1.29, 1.82) is 0 Å². The molecule has 0 saturated heterocycles. The lowest BCUT2D eigenvalue weighted by molar-refractivity contribution is 0.251. The molecule has 1 heterocycles. The van der Waals surface area contributed by atoms with Crippen LogP contribution in [0.5, 0.6) is 0 Å². The quantitative estimate of drug-likeness (QED) is 0.686. The van der Waals surface area contributed by atoms with Crippen LogP contribution in [0, 0.1) is 5.82 Å². The summed E-state index contributed by atoms with van der Waals surface area (Å²) in [5, 5.41) is 5.95. The summed E-state index contributed by atoms with van der Waals surface area (Å²) in [4.78, 5) is 12.0. The second kappa shape index (κ2) is 7.85. The predicted octanol–water partition coefficient (Wildman–Crippen LogP) is 4.65. The van der Waals surface area contributed by atoms with Crippen molar-refractivity contribution in [2.24, 2.45) is 0 Å². The van der Waals surface area contributed by atoms with Gasteiger partial charge in [-0.05, 0) is 30.3 Å². The number of carbonyl (C=O) groups is 1. The molecule has 0 fully saturated rings. The fraction of sp³-hybridized carbons (Fsp3) is 0.105. The molecule has 3 aromatic rings. The number of hydrogen-bond acceptors (Lipinski definition) is 1. The van der Waals surface area contributed by atoms with E-state index in [0.717, 1.165) is 5.69 Å². The predicted molar refractivity (Wildman–Crippen MR) is 97.2 cm³/mol. The lowest BCUT2D eigenvalue weighted by Crippen LogP contribution is -2.29. The van der Waals surface area contributed by atoms with Crippen LogP contribution in [0.25, 0.3) is 0 Å². The average molecular weight is 358 g/mol. The fourth-order valence-corrected chi connectivity index (χ4v) is 2.66. The van der Waals surface area contributed by atoms with E-state index >= 15 is 0 Å². The molecule has 0 bridgehead atoms. The minimum atomic E-state index is -0.355. The Kier molecular flexibility index (Phi) is 5.36. The summed E-state index contributed by atoms with van der Waals surface area (Å²) in [6.45, 7) is 0.723. The Labute approximate surface area is 150 Å². The van der Waals surface area contributed by atoms with Crippen LogP contribution in [0.15, 0.2) is 66.9 Å². The standard InChI is InChI=1S/C19H17ClFN3O/c20-16-8-2-4-10-18(16)23-19(25)22-12-15-7-5-11-24(15)13-14-6-1-3-9-17(14)21/h1-11H,12-13H2,(H2,22,23,25). The third kappa shape index (κ3) is 4.39. The van der Waals surface area contributed by atoms with Gasteiger partial charge in [0.15, 0.2) is 0 Å². The van der Waals surface area contributed by atoms with Crippen molar-refractivity contribution < 1.29 is 9.18 Å². The van der Waals surface area contributed by atoms with Gasteiger partial charge < -0.3 is 15.2 Å². The van der Waals surface area contributed by atoms with E-state index in [2.05, 4.69) is 10.6 Å². The van der Waals surface area contributed by atoms with Crippen molar-refractivity contribution in [1.82, 2.24) is 9.88 Å². The molecule has 6 heteroatoms. The lowest BCUT2D eigenvalue weighted by atomic mass is 10.2. The van der Waals surface area contributed by atoms with E-state index in [1.165, 1.54) is 6.07 Å². The minimum absolute atomic E-state index is 0.244. The molecule has 0 saturated carbocycles. The number of benzene rings is 2. The number of nitrogens with zero attached hydrogens (tertiary/aromatic N) is 1. The molecule has 2 aromatic carbocycles. The van der Waals surface area contributed by atoms with Gasteiger partial charge in [0.2, 0.25) is 0 Å². The number of hydrogen-bond donors (Lipinski definition) is 2. The van der Waals surface area contributed by atoms with Gasteiger partial charge in [-0.25, -0.2) is 9.18 Å². The summed E-state index contributed by atoms with van der Waals surface area (Å²) in [5.74, 6) is -0.244. The second-order valence-corrected chi connectivity index (χ2v) is 5.91. The van der Waals surface area contributed by atoms with Crippen molar-refractivity contribution in [3.63, 3.8) is 0 Å². The van der Waals surface area contributed by atoms with Gasteiger partial charge >= 0.3 is 6.03 Å². The molecule has 25 heavy (non-hydrogen) atoms. The molecule has 0 radical (unpaired) electrons. The number of halogens is 2. The van der Waals surface area contributed by atoms with Gasteiger partial charge in [-0.15, -0.1) is 0 Å². The highest BCUT2D eigenvalue weighted by Gasteiger charge is 2.08. The molecule has 0 atom stereocenters. The van der Waals surface area contributed by atoms with Gasteiger partial charge in [0, 0.05) is 17.5 Å². The number of urea groups is 1. The highest BCUT2D eigenvalue weighted by Crippen LogP contribution is 2.20. The first kappa shape index (κ1) is 17.0. The summed E-state index contributed by atoms with van der Waals surface area (Å²) in [5.41, 5.74) is 2.02. The molecule has 3 rings (SSSR count). The fourth-order valence-electron chi connectivity index (χ4n) is 2.47. The van der Waals surface area contributed by atoms with E-state index < -0.39 is 0 Å². The Morgan fingerprint density at radius 2 is 1.80 bits per heavy atom. The maximum absolute atomic E-state index is 13.8. The summed E-state index contributed by atoms with van der Waals surface area (Å²) >= 11 is 6.02. The van der Waals surface area contributed by atoms with Crippen LogP contribution in [0.1, 0.15) is 11.3 Å². The Hall–Kier alpha value is -2.79. The van der Waals surface area contributed by atoms with Crippen LogP contribution < -0.4 is 10.6 Å². The van der Waals surface area contributed by atoms with Crippen molar-refractivity contribution >= 4 is 23.3 Å². The lowest BCUT2D eigenvalue weighted by Gasteiger charge is -2.12. The third-order valence-electron chi connectivity index (χ3n) is 3.77. The van der Waals surface area contributed by atoms with E-state index in [4.69, 9.17) is 11.6 Å². The zero-order chi connectivity index (χ0) is 17.6. The molecule has 4 nitrogen and oxygen atoms in total. The molecule has 0 aliphatic heterocycles. The van der Waals surface area contributed by atoms with Crippen LogP contribution in [0.2, 0.25) is 5.02 Å². The molecule has 0 aliphatic rings. The van der Waals surface area contributed by atoms with Crippen LogP contribution in [-0.2, 0) is 13.1 Å². The van der Waals surface area contributed by atoms with Crippen molar-refractivity contribution in [3.05, 3.63) is 89.0 Å². The first-order valence-electron chi connectivity index (χ1n) is 7.80. The number of rotatable bonds is 5. The number of nitrogens with one attached hydrogen (secondary N) is 2. The highest BCUT2D eigenvalue weighted by molar-refractivity contribution is 6.33. The zero-order valence-electron chi connectivity index (χ0n) is 13.4. The molecular formula is C19H17ClFN3O. The number of anilines is 1. The topological polar surface area (TPSA) is 46.1 Å². The normalized spacial score (nSPS) is 10.5. The van der Waals surface area contributed by atoms with Gasteiger partial charge in [-0.3, -0.25) is 0 Å². The van der Waals surface area contributed by atoms with Gasteiger partial charge in [-0.2, -0.15) is 0 Å². The SMILES string of the molecule is O=C(NCc1cccn1Cc1ccccc1F)Nc1ccccc1Cl. The molecule has 2 amide bonds. The average Bonchev–Trinajstić information content (AvgIpc) is 3.04. The third-order valence-corrected chi connectivity index (χ3v) is 4.10. The number of para-hydroxylation sites is 1.